The van der Waals surface area contributed by atoms with Gasteiger partial charge >= 0.3 is 0 Å². The quantitative estimate of drug-likeness (QED) is 0.811. The van der Waals surface area contributed by atoms with Crippen molar-refractivity contribution in [3.63, 3.8) is 0 Å². The fourth-order valence-corrected chi connectivity index (χ4v) is 3.26. The zero-order valence-electron chi connectivity index (χ0n) is 8.75. The van der Waals surface area contributed by atoms with Crippen LogP contribution in [0.25, 0.3) is 11.3 Å². The molecule has 2 aromatic rings. The van der Waals surface area contributed by atoms with Crippen molar-refractivity contribution in [2.75, 3.05) is 7.11 Å². The number of hydrogen-bond donors (Lipinski definition) is 0. The molecular weight excluding hydrogens is 310 g/mol. The predicted molar refractivity (Wildman–Crippen MR) is 71.5 cm³/mol. The molecule has 2 rings (SSSR count). The molecule has 0 aliphatic heterocycles. The third-order valence-corrected chi connectivity index (χ3v) is 3.91. The summed E-state index contributed by atoms with van der Waals surface area (Å²) >= 11 is 11.1. The van der Waals surface area contributed by atoms with Crippen molar-refractivity contribution in [2.24, 2.45) is 0 Å². The minimum Gasteiger partial charge on any atom is -0.495 e. The second kappa shape index (κ2) is 4.73. The first kappa shape index (κ1) is 11.9. The molecule has 0 aliphatic carbocycles. The number of nitrogens with zero attached hydrogens (tertiary/aromatic N) is 1. The molecule has 0 unspecified atom stereocenters. The molecule has 0 N–H and O–H groups in total. The number of halogens is 2. The van der Waals surface area contributed by atoms with E-state index in [-0.39, 0.29) is 0 Å². The van der Waals surface area contributed by atoms with E-state index in [1.165, 1.54) is 0 Å². The molecule has 1 aromatic heterocycles. The Morgan fingerprint density at radius 1 is 1.44 bits per heavy atom. The van der Waals surface area contributed by atoms with E-state index in [4.69, 9.17) is 16.3 Å². The molecule has 5 heteroatoms. The summed E-state index contributed by atoms with van der Waals surface area (Å²) in [7, 11) is 1.60. The van der Waals surface area contributed by atoms with Gasteiger partial charge in [-0.15, -0.1) is 11.3 Å². The topological polar surface area (TPSA) is 22.1 Å². The lowest BCUT2D eigenvalue weighted by Gasteiger charge is -2.04. The highest BCUT2D eigenvalue weighted by Crippen LogP contribution is 2.34. The smallest absolute Gasteiger partial charge is 0.160 e. The van der Waals surface area contributed by atoms with Gasteiger partial charge in [-0.2, -0.15) is 0 Å². The van der Waals surface area contributed by atoms with Crippen LogP contribution >= 0.6 is 38.9 Å². The lowest BCUT2D eigenvalue weighted by molar-refractivity contribution is 0.415. The third kappa shape index (κ3) is 2.24. The molecule has 1 aromatic carbocycles. The van der Waals surface area contributed by atoms with E-state index in [0.717, 1.165) is 20.1 Å². The number of aryl methyl sites for hydroxylation is 1. The Balaban J connectivity index is 2.49. The monoisotopic (exact) mass is 317 g/mol. The van der Waals surface area contributed by atoms with Crippen molar-refractivity contribution in [2.45, 2.75) is 6.92 Å². The molecule has 0 radical (unpaired) electrons. The van der Waals surface area contributed by atoms with E-state index in [2.05, 4.69) is 20.9 Å². The summed E-state index contributed by atoms with van der Waals surface area (Å²) in [5.74, 6) is 0.678. The van der Waals surface area contributed by atoms with E-state index in [1.807, 2.05) is 25.1 Å². The fourth-order valence-electron chi connectivity index (χ4n) is 1.45. The lowest BCUT2D eigenvalue weighted by atomic mass is 10.1. The molecule has 0 saturated heterocycles. The van der Waals surface area contributed by atoms with E-state index < -0.39 is 0 Å². The Labute approximate surface area is 111 Å². The number of rotatable bonds is 2. The van der Waals surface area contributed by atoms with Crippen LogP contribution in [-0.2, 0) is 0 Å². The number of benzene rings is 1. The number of thiazole rings is 1. The average Bonchev–Trinajstić information content (AvgIpc) is 2.58. The van der Waals surface area contributed by atoms with Gasteiger partial charge in [0.1, 0.15) is 5.75 Å². The van der Waals surface area contributed by atoms with Gasteiger partial charge in [0.25, 0.3) is 0 Å². The lowest BCUT2D eigenvalue weighted by Crippen LogP contribution is -1.86. The molecule has 16 heavy (non-hydrogen) atoms. The zero-order chi connectivity index (χ0) is 11.7. The van der Waals surface area contributed by atoms with Crippen molar-refractivity contribution in [3.05, 3.63) is 32.0 Å². The summed E-state index contributed by atoms with van der Waals surface area (Å²) in [5, 5.41) is 0.600. The molecule has 0 atom stereocenters. The van der Waals surface area contributed by atoms with Crippen LogP contribution in [0.1, 0.15) is 4.88 Å². The van der Waals surface area contributed by atoms with Crippen LogP contribution in [-0.4, -0.2) is 12.1 Å². The van der Waals surface area contributed by atoms with Crippen LogP contribution in [0.5, 0.6) is 5.75 Å². The number of methoxy groups -OCH3 is 1. The number of hydrogen-bond acceptors (Lipinski definition) is 3. The Bertz CT molecular complexity index is 527. The SMILES string of the molecule is COc1ccc(-c2nc(Br)sc2C)cc1Cl. The third-order valence-electron chi connectivity index (χ3n) is 2.20. The van der Waals surface area contributed by atoms with Gasteiger partial charge in [0, 0.05) is 10.4 Å². The first-order valence-corrected chi connectivity index (χ1v) is 6.57. The molecule has 1 heterocycles. The van der Waals surface area contributed by atoms with Gasteiger partial charge in [-0.25, -0.2) is 4.98 Å². The molecule has 84 valence electrons. The summed E-state index contributed by atoms with van der Waals surface area (Å²) in [6.45, 7) is 2.04. The zero-order valence-corrected chi connectivity index (χ0v) is 11.9. The second-order valence-corrected chi connectivity index (χ2v) is 6.11. The van der Waals surface area contributed by atoms with Gasteiger partial charge in [0.15, 0.2) is 3.92 Å². The predicted octanol–water partition coefficient (Wildman–Crippen LogP) is 4.54. The first-order chi connectivity index (χ1) is 7.61. The molecule has 0 saturated carbocycles. The molecule has 2 nitrogen and oxygen atoms in total. The highest BCUT2D eigenvalue weighted by atomic mass is 79.9. The van der Waals surface area contributed by atoms with E-state index in [0.29, 0.717) is 10.8 Å². The van der Waals surface area contributed by atoms with Crippen LogP contribution in [0.3, 0.4) is 0 Å². The largest absolute Gasteiger partial charge is 0.495 e. The van der Waals surface area contributed by atoms with Gasteiger partial charge in [0.2, 0.25) is 0 Å². The molecule has 0 fully saturated rings. The summed E-state index contributed by atoms with van der Waals surface area (Å²) in [6, 6.07) is 5.68. The Morgan fingerprint density at radius 2 is 2.19 bits per heavy atom. The highest BCUT2D eigenvalue weighted by Gasteiger charge is 2.10. The Morgan fingerprint density at radius 3 is 2.69 bits per heavy atom. The number of aromatic nitrogens is 1. The van der Waals surface area contributed by atoms with E-state index >= 15 is 0 Å². The van der Waals surface area contributed by atoms with Gasteiger partial charge in [0.05, 0.1) is 17.8 Å². The van der Waals surface area contributed by atoms with Gasteiger partial charge in [-0.1, -0.05) is 11.6 Å². The summed E-state index contributed by atoms with van der Waals surface area (Å²) in [6.07, 6.45) is 0. The van der Waals surface area contributed by atoms with Gasteiger partial charge < -0.3 is 4.74 Å². The Hall–Kier alpha value is -0.580. The van der Waals surface area contributed by atoms with Crippen molar-refractivity contribution in [1.82, 2.24) is 4.98 Å². The van der Waals surface area contributed by atoms with Crippen molar-refractivity contribution < 1.29 is 4.74 Å². The minimum atomic E-state index is 0.600. The maximum absolute atomic E-state index is 6.08. The number of ether oxygens (including phenoxy) is 1. The van der Waals surface area contributed by atoms with Crippen LogP contribution < -0.4 is 4.74 Å². The molecular formula is C11H9BrClNOS. The molecule has 0 amide bonds. The van der Waals surface area contributed by atoms with Gasteiger partial charge in [-0.05, 0) is 41.1 Å². The molecule has 0 spiro atoms. The summed E-state index contributed by atoms with van der Waals surface area (Å²) < 4.78 is 5.99. The summed E-state index contributed by atoms with van der Waals surface area (Å²) in [4.78, 5) is 5.57. The van der Waals surface area contributed by atoms with E-state index in [1.54, 1.807) is 18.4 Å². The van der Waals surface area contributed by atoms with Crippen LogP contribution in [0.15, 0.2) is 22.1 Å². The summed E-state index contributed by atoms with van der Waals surface area (Å²) in [5.41, 5.74) is 1.96. The minimum absolute atomic E-state index is 0.600. The fraction of sp³-hybridized carbons (Fsp3) is 0.182. The van der Waals surface area contributed by atoms with Crippen molar-refractivity contribution >= 4 is 38.9 Å². The van der Waals surface area contributed by atoms with Crippen LogP contribution in [0.4, 0.5) is 0 Å². The standard InChI is InChI=1S/C11H9BrClNOS/c1-6-10(14-11(12)16-6)7-3-4-9(15-2)8(13)5-7/h3-5H,1-2H3. The van der Waals surface area contributed by atoms with Crippen molar-refractivity contribution in [3.8, 4) is 17.0 Å². The Kier molecular flexibility index (Phi) is 3.52. The maximum atomic E-state index is 6.08. The average molecular weight is 319 g/mol. The van der Waals surface area contributed by atoms with Crippen molar-refractivity contribution in [1.29, 1.82) is 0 Å². The molecule has 0 bridgehead atoms. The molecule has 0 aliphatic rings. The van der Waals surface area contributed by atoms with Gasteiger partial charge in [-0.3, -0.25) is 0 Å². The van der Waals surface area contributed by atoms with Crippen LogP contribution in [0, 0.1) is 6.92 Å². The maximum Gasteiger partial charge on any atom is 0.160 e. The van der Waals surface area contributed by atoms with E-state index in [9.17, 15) is 0 Å². The first-order valence-electron chi connectivity index (χ1n) is 4.58. The van der Waals surface area contributed by atoms with Crippen LogP contribution in [0.2, 0.25) is 5.02 Å². The normalized spacial score (nSPS) is 10.5. The second-order valence-electron chi connectivity index (χ2n) is 3.22. The highest BCUT2D eigenvalue weighted by molar-refractivity contribution is 9.11.